The van der Waals surface area contributed by atoms with Gasteiger partial charge in [0.2, 0.25) is 5.91 Å². The van der Waals surface area contributed by atoms with Crippen LogP contribution in [0.2, 0.25) is 0 Å². The summed E-state index contributed by atoms with van der Waals surface area (Å²) in [4.78, 5) is 42.0. The number of hydrogen-bond donors (Lipinski definition) is 1. The maximum absolute atomic E-state index is 12.2. The molecule has 6 heteroatoms. The second-order valence-corrected chi connectivity index (χ2v) is 5.95. The van der Waals surface area contributed by atoms with Crippen molar-refractivity contribution in [1.29, 1.82) is 0 Å². The highest BCUT2D eigenvalue weighted by Crippen LogP contribution is 2.22. The Bertz CT molecular complexity index is 770. The summed E-state index contributed by atoms with van der Waals surface area (Å²) in [5.74, 6) is -0.708. The summed E-state index contributed by atoms with van der Waals surface area (Å²) in [6.45, 7) is 2.10. The van der Waals surface area contributed by atoms with E-state index in [1.54, 1.807) is 30.5 Å². The Balaban J connectivity index is 1.50. The third-order valence-electron chi connectivity index (χ3n) is 4.17. The molecule has 0 fully saturated rings. The van der Waals surface area contributed by atoms with Crippen LogP contribution in [0, 0.1) is 0 Å². The quantitative estimate of drug-likeness (QED) is 0.821. The Labute approximate surface area is 145 Å². The highest BCUT2D eigenvalue weighted by molar-refractivity contribution is 6.21. The molecule has 0 saturated heterocycles. The molecule has 1 aliphatic rings. The van der Waals surface area contributed by atoms with Crippen LogP contribution in [0.4, 0.5) is 0 Å². The van der Waals surface area contributed by atoms with Gasteiger partial charge in [0, 0.05) is 19.2 Å². The predicted molar refractivity (Wildman–Crippen MR) is 91.8 cm³/mol. The van der Waals surface area contributed by atoms with Gasteiger partial charge in [0.15, 0.2) is 0 Å². The van der Waals surface area contributed by atoms with Crippen molar-refractivity contribution in [2.75, 3.05) is 6.54 Å². The van der Waals surface area contributed by atoms with E-state index in [-0.39, 0.29) is 36.7 Å². The lowest BCUT2D eigenvalue weighted by molar-refractivity contribution is -0.121. The number of hydrogen-bond acceptors (Lipinski definition) is 4. The summed E-state index contributed by atoms with van der Waals surface area (Å²) >= 11 is 0. The molecule has 1 N–H and O–H groups in total. The maximum atomic E-state index is 12.2. The molecule has 1 unspecified atom stereocenters. The van der Waals surface area contributed by atoms with Gasteiger partial charge in [-0.15, -0.1) is 0 Å². The number of nitrogens with zero attached hydrogens (tertiary/aromatic N) is 2. The van der Waals surface area contributed by atoms with Crippen molar-refractivity contribution in [3.05, 3.63) is 65.5 Å². The van der Waals surface area contributed by atoms with Crippen molar-refractivity contribution in [2.24, 2.45) is 0 Å². The van der Waals surface area contributed by atoms with E-state index in [0.717, 1.165) is 5.69 Å². The minimum atomic E-state index is -0.289. The van der Waals surface area contributed by atoms with Gasteiger partial charge in [0.05, 0.1) is 22.9 Å². The number of benzene rings is 1. The number of carbonyl (C=O) groups is 3. The molecule has 0 bridgehead atoms. The van der Waals surface area contributed by atoms with E-state index in [1.807, 2.05) is 25.1 Å². The van der Waals surface area contributed by atoms with E-state index in [0.29, 0.717) is 17.5 Å². The monoisotopic (exact) mass is 337 g/mol. The molecule has 3 rings (SSSR count). The number of pyridine rings is 1. The van der Waals surface area contributed by atoms with Crippen molar-refractivity contribution in [3.63, 3.8) is 0 Å². The van der Waals surface area contributed by atoms with Gasteiger partial charge < -0.3 is 5.32 Å². The molecular formula is C19H19N3O3. The molecule has 1 aromatic heterocycles. The first kappa shape index (κ1) is 16.8. The first-order valence-corrected chi connectivity index (χ1v) is 8.23. The maximum Gasteiger partial charge on any atom is 0.261 e. The molecule has 1 atom stereocenters. The predicted octanol–water partition coefficient (Wildman–Crippen LogP) is 2.34. The summed E-state index contributed by atoms with van der Waals surface area (Å²) in [7, 11) is 0. The number of aromatic nitrogens is 1. The van der Waals surface area contributed by atoms with E-state index in [2.05, 4.69) is 10.3 Å². The van der Waals surface area contributed by atoms with Gasteiger partial charge in [-0.2, -0.15) is 0 Å². The van der Waals surface area contributed by atoms with Crippen molar-refractivity contribution in [1.82, 2.24) is 15.2 Å². The molecule has 0 saturated carbocycles. The molecule has 1 aliphatic heterocycles. The number of carbonyl (C=O) groups excluding carboxylic acids is 3. The topological polar surface area (TPSA) is 79.4 Å². The molecule has 0 aliphatic carbocycles. The Morgan fingerprint density at radius 2 is 1.72 bits per heavy atom. The smallest absolute Gasteiger partial charge is 0.261 e. The normalized spacial score (nSPS) is 14.4. The highest BCUT2D eigenvalue weighted by atomic mass is 16.2. The van der Waals surface area contributed by atoms with Gasteiger partial charge in [0.25, 0.3) is 11.8 Å². The lowest BCUT2D eigenvalue weighted by atomic mass is 10.1. The number of rotatable bonds is 6. The molecule has 128 valence electrons. The van der Waals surface area contributed by atoms with Crippen LogP contribution >= 0.6 is 0 Å². The number of fused-ring (bicyclic) bond motifs is 1. The third-order valence-corrected chi connectivity index (χ3v) is 4.17. The van der Waals surface area contributed by atoms with Crippen LogP contribution < -0.4 is 5.32 Å². The van der Waals surface area contributed by atoms with Crippen LogP contribution in [0.1, 0.15) is 52.2 Å². The molecule has 25 heavy (non-hydrogen) atoms. The minimum Gasteiger partial charge on any atom is -0.348 e. The van der Waals surface area contributed by atoms with E-state index < -0.39 is 0 Å². The summed E-state index contributed by atoms with van der Waals surface area (Å²) in [6, 6.07) is 12.1. The average Bonchev–Trinajstić information content (AvgIpc) is 2.87. The van der Waals surface area contributed by atoms with Crippen LogP contribution in [-0.4, -0.2) is 34.2 Å². The van der Waals surface area contributed by atoms with E-state index in [1.165, 1.54) is 4.90 Å². The van der Waals surface area contributed by atoms with Gasteiger partial charge in [-0.25, -0.2) is 0 Å². The lowest BCUT2D eigenvalue weighted by Crippen LogP contribution is -2.32. The van der Waals surface area contributed by atoms with E-state index >= 15 is 0 Å². The standard InChI is InChI=1S/C19H19N3O3/c1-13(16-9-4-5-11-20-16)21-17(23)10-6-12-22-18(24)14-7-2-3-8-15(14)19(22)25/h2-5,7-9,11,13H,6,10,12H2,1H3,(H,21,23). The number of nitrogens with one attached hydrogen (secondary N) is 1. The summed E-state index contributed by atoms with van der Waals surface area (Å²) in [6.07, 6.45) is 2.34. The molecular weight excluding hydrogens is 318 g/mol. The Morgan fingerprint density at radius 3 is 2.32 bits per heavy atom. The van der Waals surface area contributed by atoms with Crippen LogP contribution in [0.3, 0.4) is 0 Å². The Hall–Kier alpha value is -3.02. The van der Waals surface area contributed by atoms with Gasteiger partial charge in [-0.3, -0.25) is 24.3 Å². The fourth-order valence-corrected chi connectivity index (χ4v) is 2.86. The second kappa shape index (κ2) is 7.25. The third kappa shape index (κ3) is 3.57. The van der Waals surface area contributed by atoms with Crippen LogP contribution in [0.25, 0.3) is 0 Å². The lowest BCUT2D eigenvalue weighted by Gasteiger charge is -2.15. The van der Waals surface area contributed by atoms with Gasteiger partial charge in [-0.1, -0.05) is 18.2 Å². The van der Waals surface area contributed by atoms with Crippen molar-refractivity contribution in [2.45, 2.75) is 25.8 Å². The molecule has 6 nitrogen and oxygen atoms in total. The highest BCUT2D eigenvalue weighted by Gasteiger charge is 2.34. The van der Waals surface area contributed by atoms with Crippen LogP contribution in [-0.2, 0) is 4.79 Å². The summed E-state index contributed by atoms with van der Waals surface area (Å²) < 4.78 is 0. The molecule has 2 heterocycles. The SMILES string of the molecule is CC(NC(=O)CCCN1C(=O)c2ccccc2C1=O)c1ccccn1. The van der Waals surface area contributed by atoms with Crippen molar-refractivity contribution >= 4 is 17.7 Å². The van der Waals surface area contributed by atoms with Crippen LogP contribution in [0.15, 0.2) is 48.7 Å². The fourth-order valence-electron chi connectivity index (χ4n) is 2.86. The van der Waals surface area contributed by atoms with E-state index in [4.69, 9.17) is 0 Å². The molecule has 1 aromatic carbocycles. The molecule has 2 aromatic rings. The van der Waals surface area contributed by atoms with Gasteiger partial charge >= 0.3 is 0 Å². The van der Waals surface area contributed by atoms with Crippen LogP contribution in [0.5, 0.6) is 0 Å². The van der Waals surface area contributed by atoms with Gasteiger partial charge in [-0.05, 0) is 37.6 Å². The zero-order valence-electron chi connectivity index (χ0n) is 13.9. The average molecular weight is 337 g/mol. The summed E-state index contributed by atoms with van der Waals surface area (Å²) in [5.41, 5.74) is 1.65. The minimum absolute atomic E-state index is 0.130. The van der Waals surface area contributed by atoms with Gasteiger partial charge in [0.1, 0.15) is 0 Å². The molecule has 0 spiro atoms. The zero-order valence-corrected chi connectivity index (χ0v) is 13.9. The fraction of sp³-hybridized carbons (Fsp3) is 0.263. The Kier molecular flexibility index (Phi) is 4.88. The van der Waals surface area contributed by atoms with Crippen molar-refractivity contribution in [3.8, 4) is 0 Å². The zero-order chi connectivity index (χ0) is 17.8. The first-order chi connectivity index (χ1) is 12.1. The Morgan fingerprint density at radius 1 is 1.08 bits per heavy atom. The largest absolute Gasteiger partial charge is 0.348 e. The number of imide groups is 1. The van der Waals surface area contributed by atoms with Crippen molar-refractivity contribution < 1.29 is 14.4 Å². The first-order valence-electron chi connectivity index (χ1n) is 8.23. The second-order valence-electron chi connectivity index (χ2n) is 5.95. The molecule has 3 amide bonds. The number of amides is 3. The molecule has 0 radical (unpaired) electrons. The van der Waals surface area contributed by atoms with E-state index in [9.17, 15) is 14.4 Å². The summed E-state index contributed by atoms with van der Waals surface area (Å²) in [5, 5.41) is 2.87.